The van der Waals surface area contributed by atoms with Crippen molar-refractivity contribution in [3.8, 4) is 11.5 Å². The number of hydrogen-bond acceptors (Lipinski definition) is 5. The Labute approximate surface area is 252 Å². The number of alkyl halides is 12. The van der Waals surface area contributed by atoms with Crippen molar-refractivity contribution in [2.75, 3.05) is 0 Å². The fourth-order valence-electron chi connectivity index (χ4n) is 3.78. The summed E-state index contributed by atoms with van der Waals surface area (Å²) < 4.78 is 231. The van der Waals surface area contributed by atoms with Crippen LogP contribution in [0.25, 0.3) is 0 Å². The van der Waals surface area contributed by atoms with Crippen LogP contribution in [0.15, 0.2) is 76.5 Å². The average Bonchev–Trinajstić information content (AvgIpc) is 2.93. The molecule has 0 fully saturated rings. The summed E-state index contributed by atoms with van der Waals surface area (Å²) in [5.41, 5.74) is -2.73. The lowest BCUT2D eigenvalue weighted by Gasteiger charge is -2.40. The van der Waals surface area contributed by atoms with Crippen molar-refractivity contribution >= 4 is 20.0 Å². The molecule has 0 aromatic heterocycles. The third-order valence-electron chi connectivity index (χ3n) is 6.52. The van der Waals surface area contributed by atoms with Crippen LogP contribution in [0.4, 0.5) is 52.7 Å². The molecule has 0 bridgehead atoms. The van der Waals surface area contributed by atoms with E-state index >= 15 is 8.78 Å². The maximum absolute atomic E-state index is 15.0. The van der Waals surface area contributed by atoms with E-state index in [2.05, 4.69) is 0 Å². The molecule has 0 radical (unpaired) electrons. The molecule has 0 spiro atoms. The maximum atomic E-state index is 15.0. The van der Waals surface area contributed by atoms with Crippen molar-refractivity contribution in [1.82, 2.24) is 0 Å². The lowest BCUT2D eigenvalue weighted by atomic mass is 9.89. The number of benzene rings is 3. The highest BCUT2D eigenvalue weighted by Gasteiger charge is 2.92. The predicted molar refractivity (Wildman–Crippen MR) is 135 cm³/mol. The molecule has 6 nitrogen and oxygen atoms in total. The largest absolute Gasteiger partial charge is 0.457 e. The fraction of sp³-hybridized carbons (Fsp3) is 0.308. The summed E-state index contributed by atoms with van der Waals surface area (Å²) in [6.07, 6.45) is 0. The van der Waals surface area contributed by atoms with Crippen molar-refractivity contribution < 1.29 is 78.8 Å². The molecule has 0 atom stereocenters. The first-order valence-corrected chi connectivity index (χ1v) is 14.9. The Morgan fingerprint density at radius 1 is 0.565 bits per heavy atom. The van der Waals surface area contributed by atoms with Crippen LogP contribution in [0.1, 0.15) is 16.7 Å². The van der Waals surface area contributed by atoms with E-state index < -0.39 is 75.7 Å². The van der Waals surface area contributed by atoms with Crippen molar-refractivity contribution in [1.29, 1.82) is 0 Å². The normalized spacial score (nSPS) is 14.3. The number of aryl methyl sites for hydroxylation is 2. The van der Waals surface area contributed by atoms with Gasteiger partial charge in [-0.15, -0.1) is 0 Å². The van der Waals surface area contributed by atoms with Gasteiger partial charge in [-0.05, 0) is 67.9 Å². The van der Waals surface area contributed by atoms with Crippen LogP contribution >= 0.6 is 0 Å². The van der Waals surface area contributed by atoms with Crippen LogP contribution in [0.2, 0.25) is 0 Å². The molecule has 0 saturated carbocycles. The molecule has 0 unspecified atom stereocenters. The zero-order valence-electron chi connectivity index (χ0n) is 22.7. The topological polar surface area (TPSA) is 97.7 Å². The van der Waals surface area contributed by atoms with Gasteiger partial charge < -0.3 is 4.74 Å². The molecule has 0 aliphatic rings. The Morgan fingerprint density at radius 2 is 0.978 bits per heavy atom. The van der Waals surface area contributed by atoms with Crippen molar-refractivity contribution in [3.63, 3.8) is 0 Å². The van der Waals surface area contributed by atoms with Gasteiger partial charge in [-0.25, -0.2) is 8.42 Å². The van der Waals surface area contributed by atoms with E-state index in [0.717, 1.165) is 29.8 Å². The number of ether oxygens (including phenoxy) is 1. The van der Waals surface area contributed by atoms with Gasteiger partial charge in [-0.2, -0.15) is 61.1 Å². The van der Waals surface area contributed by atoms with Crippen LogP contribution in [0.5, 0.6) is 11.5 Å². The molecule has 46 heavy (non-hydrogen) atoms. The molecule has 3 rings (SSSR count). The third kappa shape index (κ3) is 5.67. The molecule has 3 aromatic carbocycles. The van der Waals surface area contributed by atoms with Crippen LogP contribution < -0.4 is 4.74 Å². The van der Waals surface area contributed by atoms with Gasteiger partial charge in [0.1, 0.15) is 11.5 Å². The summed E-state index contributed by atoms with van der Waals surface area (Å²) in [7, 11) is -12.7. The molecule has 1 N–H and O–H groups in total. The number of hydrogen-bond donors (Lipinski definition) is 1. The van der Waals surface area contributed by atoms with E-state index in [4.69, 9.17) is 9.29 Å². The van der Waals surface area contributed by atoms with Gasteiger partial charge in [0.05, 0.1) is 9.79 Å². The molecular formula is C26H18F12O6S2. The quantitative estimate of drug-likeness (QED) is 0.159. The molecule has 254 valence electrons. The second kappa shape index (κ2) is 11.3. The van der Waals surface area contributed by atoms with Crippen LogP contribution in [-0.2, 0) is 25.9 Å². The predicted octanol–water partition coefficient (Wildman–Crippen LogP) is 8.04. The molecular weight excluding hydrogens is 700 g/mol. The van der Waals surface area contributed by atoms with Crippen molar-refractivity contribution in [3.05, 3.63) is 83.4 Å². The smallest absolute Gasteiger partial charge is 0.438 e. The Kier molecular flexibility index (Phi) is 9.09. The van der Waals surface area contributed by atoms with Crippen LogP contribution in [0, 0.1) is 13.8 Å². The molecule has 0 saturated heterocycles. The van der Waals surface area contributed by atoms with Crippen molar-refractivity contribution in [2.24, 2.45) is 0 Å². The fourth-order valence-corrected chi connectivity index (χ4v) is 5.52. The summed E-state index contributed by atoms with van der Waals surface area (Å²) >= 11 is 0. The van der Waals surface area contributed by atoms with Gasteiger partial charge in [0.2, 0.25) is 9.84 Å². The van der Waals surface area contributed by atoms with Gasteiger partial charge in [-0.1, -0.05) is 23.8 Å². The van der Waals surface area contributed by atoms with Gasteiger partial charge in [0, 0.05) is 5.56 Å². The second-order valence-corrected chi connectivity index (χ2v) is 13.1. The van der Waals surface area contributed by atoms with Crippen LogP contribution in [-0.4, -0.2) is 50.3 Å². The Balaban J connectivity index is 2.06. The maximum Gasteiger partial charge on any atom is 0.438 e. The minimum Gasteiger partial charge on any atom is -0.457 e. The van der Waals surface area contributed by atoms with Crippen LogP contribution in [0.3, 0.4) is 0 Å². The summed E-state index contributed by atoms with van der Waals surface area (Å²) in [6.45, 7) is 2.26. The lowest BCUT2D eigenvalue weighted by Crippen LogP contribution is -2.71. The SMILES string of the molecule is Cc1ccc(Oc2ccc(S(=O)(=O)c3ccc(C)c(C(F)(F)C(F)(F)C(F)(F)C(F)(F)C(F)(F)C(F)(F)S(=O)(=O)O)c3)cc2)cc1. The van der Waals surface area contributed by atoms with E-state index in [1.165, 1.54) is 0 Å². The van der Waals surface area contributed by atoms with E-state index in [1.54, 1.807) is 31.2 Å². The Morgan fingerprint density at radius 3 is 1.43 bits per heavy atom. The average molecular weight is 719 g/mol. The second-order valence-electron chi connectivity index (χ2n) is 9.73. The minimum atomic E-state index is -8.29. The number of sulfone groups is 1. The number of rotatable bonds is 11. The van der Waals surface area contributed by atoms with Gasteiger partial charge in [0.25, 0.3) is 0 Å². The molecule has 0 aliphatic carbocycles. The first-order chi connectivity index (χ1) is 20.6. The minimum absolute atomic E-state index is 0.0538. The highest BCUT2D eigenvalue weighted by Crippen LogP contribution is 2.62. The molecule has 0 aliphatic heterocycles. The monoisotopic (exact) mass is 718 g/mol. The number of halogens is 12. The highest BCUT2D eigenvalue weighted by atomic mass is 32.2. The van der Waals surface area contributed by atoms with Gasteiger partial charge in [-0.3, -0.25) is 4.55 Å². The summed E-state index contributed by atoms with van der Waals surface area (Å²) in [5, 5.41) is -7.58. The van der Waals surface area contributed by atoms with Gasteiger partial charge >= 0.3 is 45.0 Å². The summed E-state index contributed by atoms with van der Waals surface area (Å²) in [5.74, 6) is -38.7. The molecule has 0 heterocycles. The first-order valence-electron chi connectivity index (χ1n) is 12.0. The first kappa shape index (κ1) is 36.9. The summed E-state index contributed by atoms with van der Waals surface area (Å²) in [4.78, 5) is -2.02. The zero-order valence-corrected chi connectivity index (χ0v) is 24.3. The molecule has 3 aromatic rings. The van der Waals surface area contributed by atoms with E-state index in [-0.39, 0.29) is 11.8 Å². The highest BCUT2D eigenvalue weighted by molar-refractivity contribution is 7.91. The van der Waals surface area contributed by atoms with Crippen molar-refractivity contribution in [2.45, 2.75) is 58.5 Å². The molecule has 0 amide bonds. The Bertz CT molecular complexity index is 1830. The van der Waals surface area contributed by atoms with E-state index in [9.17, 15) is 60.7 Å². The standard InChI is InChI=1S/C26H18F12O6S2/c1-14-3-6-16(7-4-14)44-17-8-11-18(12-9-17)45(39,40)19-10-5-15(2)20(13-19)21(27,28)22(29,30)23(31,32)24(33,34)25(35,36)26(37,38)46(41,42)43/h3-13H,1-2H3,(H,41,42,43). The third-order valence-corrected chi connectivity index (χ3v) is 9.19. The van der Waals surface area contributed by atoms with E-state index in [1.807, 2.05) is 0 Å². The Hall–Kier alpha value is -3.52. The lowest BCUT2D eigenvalue weighted by molar-refractivity contribution is -0.419. The molecule has 20 heteroatoms. The summed E-state index contributed by atoms with van der Waals surface area (Å²) in [6, 6.07) is 10.9. The van der Waals surface area contributed by atoms with E-state index in [0.29, 0.717) is 24.8 Å². The zero-order chi connectivity index (χ0) is 35.5. The van der Waals surface area contributed by atoms with Gasteiger partial charge in [0.15, 0.2) is 0 Å².